The molecule has 0 saturated carbocycles. The maximum absolute atomic E-state index is 11.6. The first-order valence-corrected chi connectivity index (χ1v) is 11.8. The molecule has 1 N–H and O–H groups in total. The van der Waals surface area contributed by atoms with Crippen LogP contribution in [0.25, 0.3) is 22.5 Å². The number of nitro benzene ring substituents is 2. The van der Waals surface area contributed by atoms with Crippen molar-refractivity contribution in [3.63, 3.8) is 0 Å². The average molecular weight is 520 g/mol. The molecule has 39 heavy (non-hydrogen) atoms. The zero-order valence-corrected chi connectivity index (χ0v) is 20.6. The number of hydrogen-bond acceptors (Lipinski definition) is 8. The van der Waals surface area contributed by atoms with Crippen molar-refractivity contribution in [2.24, 2.45) is 5.10 Å². The van der Waals surface area contributed by atoms with Crippen LogP contribution in [0, 0.1) is 27.2 Å². The Morgan fingerprint density at radius 1 is 0.897 bits per heavy atom. The molecule has 0 unspecified atom stereocenters. The van der Waals surface area contributed by atoms with Crippen molar-refractivity contribution >= 4 is 39.6 Å². The molecule has 4 aromatic carbocycles. The minimum atomic E-state index is -0.702. The Labute approximate surface area is 222 Å². The van der Waals surface area contributed by atoms with Gasteiger partial charge in [0.25, 0.3) is 5.69 Å². The van der Waals surface area contributed by atoms with Crippen molar-refractivity contribution in [3.8, 4) is 5.69 Å². The number of fused-ring (bicyclic) bond motifs is 1. The molecular weight excluding hydrogens is 498 g/mol. The van der Waals surface area contributed by atoms with E-state index >= 15 is 0 Å². The summed E-state index contributed by atoms with van der Waals surface area (Å²) in [5.74, 6) is 0. The summed E-state index contributed by atoms with van der Waals surface area (Å²) in [5.41, 5.74) is 5.05. The van der Waals surface area contributed by atoms with Crippen LogP contribution in [0.15, 0.2) is 102 Å². The molecule has 0 aliphatic rings. The number of anilines is 1. The van der Waals surface area contributed by atoms with E-state index in [-0.39, 0.29) is 5.69 Å². The van der Waals surface area contributed by atoms with Crippen molar-refractivity contribution in [2.75, 3.05) is 5.43 Å². The van der Waals surface area contributed by atoms with E-state index in [0.29, 0.717) is 17.1 Å². The lowest BCUT2D eigenvalue weighted by molar-refractivity contribution is -0.393. The van der Waals surface area contributed by atoms with Gasteiger partial charge in [0.05, 0.1) is 27.3 Å². The van der Waals surface area contributed by atoms with Crippen molar-refractivity contribution in [2.45, 2.75) is 6.92 Å². The van der Waals surface area contributed by atoms with Crippen molar-refractivity contribution in [1.29, 1.82) is 0 Å². The maximum Gasteiger partial charge on any atom is 0.301 e. The van der Waals surface area contributed by atoms with Crippen LogP contribution in [0.5, 0.6) is 0 Å². The molecule has 0 bridgehead atoms. The number of para-hydroxylation sites is 1. The van der Waals surface area contributed by atoms with Gasteiger partial charge >= 0.3 is 5.69 Å². The summed E-state index contributed by atoms with van der Waals surface area (Å²) in [5, 5.41) is 37.9. The Hall–Kier alpha value is -5.71. The topological polar surface area (TPSA) is 141 Å². The van der Waals surface area contributed by atoms with Gasteiger partial charge in [-0.3, -0.25) is 25.7 Å². The molecule has 5 rings (SSSR count). The number of rotatable bonds is 8. The van der Waals surface area contributed by atoms with Gasteiger partial charge in [-0.05, 0) is 53.6 Å². The average Bonchev–Trinajstić information content (AvgIpc) is 3.34. The highest BCUT2D eigenvalue weighted by molar-refractivity contribution is 6.10. The van der Waals surface area contributed by atoms with E-state index in [9.17, 15) is 20.2 Å². The largest absolute Gasteiger partial charge is 0.301 e. The summed E-state index contributed by atoms with van der Waals surface area (Å²) in [4.78, 5) is 21.3. The molecule has 1 heterocycles. The van der Waals surface area contributed by atoms with E-state index < -0.39 is 21.2 Å². The molecule has 11 heteroatoms. The van der Waals surface area contributed by atoms with E-state index in [0.717, 1.165) is 28.1 Å². The Kier molecular flexibility index (Phi) is 6.86. The second-order valence-electron chi connectivity index (χ2n) is 8.54. The molecule has 0 amide bonds. The number of hydrazone groups is 1. The Balaban J connectivity index is 1.56. The Morgan fingerprint density at radius 2 is 1.64 bits per heavy atom. The summed E-state index contributed by atoms with van der Waals surface area (Å²) in [6, 6.07) is 26.8. The molecule has 1 aromatic heterocycles. The first-order valence-electron chi connectivity index (χ1n) is 11.8. The summed E-state index contributed by atoms with van der Waals surface area (Å²) in [7, 11) is 0. The van der Waals surface area contributed by atoms with Gasteiger partial charge in [0, 0.05) is 6.07 Å². The van der Waals surface area contributed by atoms with Crippen molar-refractivity contribution < 1.29 is 9.85 Å². The highest BCUT2D eigenvalue weighted by Crippen LogP contribution is 2.29. The van der Waals surface area contributed by atoms with Crippen molar-refractivity contribution in [3.05, 3.63) is 134 Å². The fourth-order valence-electron chi connectivity index (χ4n) is 4.04. The first-order chi connectivity index (χ1) is 18.9. The molecule has 0 radical (unpaired) electrons. The lowest BCUT2D eigenvalue weighted by Gasteiger charge is -2.06. The molecule has 0 fully saturated rings. The van der Waals surface area contributed by atoms with Gasteiger partial charge in [-0.25, -0.2) is 4.68 Å². The van der Waals surface area contributed by atoms with E-state index in [1.54, 1.807) is 10.8 Å². The van der Waals surface area contributed by atoms with Crippen LogP contribution < -0.4 is 5.43 Å². The number of benzene rings is 4. The van der Waals surface area contributed by atoms with Crippen LogP contribution in [-0.4, -0.2) is 30.6 Å². The van der Waals surface area contributed by atoms with Crippen LogP contribution in [0.1, 0.15) is 17.0 Å². The van der Waals surface area contributed by atoms with Gasteiger partial charge in [0.15, 0.2) is 0 Å². The monoisotopic (exact) mass is 519 g/mol. The summed E-state index contributed by atoms with van der Waals surface area (Å²) < 4.78 is 1.67. The number of hydrogen-bond donors (Lipinski definition) is 1. The SMILES string of the molecule is Cc1c(C(C=Cc2ccc3ccccc3c2)=NNc2ccc([N+](=O)[O-])cc2[N+](=O)[O-])nnn1-c1ccccc1. The summed E-state index contributed by atoms with van der Waals surface area (Å²) >= 11 is 0. The second-order valence-corrected chi connectivity index (χ2v) is 8.54. The number of nitro groups is 2. The van der Waals surface area contributed by atoms with Crippen LogP contribution in [0.2, 0.25) is 0 Å². The molecule has 192 valence electrons. The van der Waals surface area contributed by atoms with Gasteiger partial charge in [-0.15, -0.1) is 5.10 Å². The van der Waals surface area contributed by atoms with Gasteiger partial charge in [-0.1, -0.05) is 65.9 Å². The lowest BCUT2D eigenvalue weighted by atomic mass is 10.1. The number of allylic oxidation sites excluding steroid dienone is 1. The molecule has 5 aromatic rings. The minimum absolute atomic E-state index is 0.00434. The van der Waals surface area contributed by atoms with E-state index in [1.165, 1.54) is 12.1 Å². The highest BCUT2D eigenvalue weighted by atomic mass is 16.6. The molecule has 0 atom stereocenters. The lowest BCUT2D eigenvalue weighted by Crippen LogP contribution is -2.06. The summed E-state index contributed by atoms with van der Waals surface area (Å²) in [6.45, 7) is 1.84. The third-order valence-electron chi connectivity index (χ3n) is 6.03. The zero-order valence-electron chi connectivity index (χ0n) is 20.6. The van der Waals surface area contributed by atoms with Crippen LogP contribution >= 0.6 is 0 Å². The fourth-order valence-corrected chi connectivity index (χ4v) is 4.04. The van der Waals surface area contributed by atoms with E-state index in [1.807, 2.05) is 85.8 Å². The van der Waals surface area contributed by atoms with E-state index in [4.69, 9.17) is 0 Å². The predicted octanol–water partition coefficient (Wildman–Crippen LogP) is 6.07. The smallest absolute Gasteiger partial charge is 0.271 e. The van der Waals surface area contributed by atoms with Crippen LogP contribution in [0.4, 0.5) is 17.1 Å². The molecule has 0 aliphatic carbocycles. The normalized spacial score (nSPS) is 11.7. The fraction of sp³-hybridized carbons (Fsp3) is 0.0357. The van der Waals surface area contributed by atoms with Gasteiger partial charge in [-0.2, -0.15) is 5.10 Å². The summed E-state index contributed by atoms with van der Waals surface area (Å²) in [6.07, 6.45) is 3.60. The van der Waals surface area contributed by atoms with Gasteiger partial charge < -0.3 is 0 Å². The van der Waals surface area contributed by atoms with Gasteiger partial charge in [0.2, 0.25) is 0 Å². The number of non-ortho nitro benzene ring substituents is 1. The molecule has 0 spiro atoms. The van der Waals surface area contributed by atoms with Crippen molar-refractivity contribution in [1.82, 2.24) is 15.0 Å². The highest BCUT2D eigenvalue weighted by Gasteiger charge is 2.20. The van der Waals surface area contributed by atoms with Crippen LogP contribution in [-0.2, 0) is 0 Å². The number of nitrogens with one attached hydrogen (secondary N) is 1. The van der Waals surface area contributed by atoms with Gasteiger partial charge in [0.1, 0.15) is 17.1 Å². The third kappa shape index (κ3) is 5.37. The Morgan fingerprint density at radius 3 is 2.38 bits per heavy atom. The zero-order chi connectivity index (χ0) is 27.4. The number of nitrogens with zero attached hydrogens (tertiary/aromatic N) is 6. The molecular formula is C28H21N7O4. The minimum Gasteiger partial charge on any atom is -0.271 e. The quantitative estimate of drug-likeness (QED) is 0.149. The number of aromatic nitrogens is 3. The maximum atomic E-state index is 11.6. The molecule has 0 saturated heterocycles. The third-order valence-corrected chi connectivity index (χ3v) is 6.03. The Bertz CT molecular complexity index is 1760. The first kappa shape index (κ1) is 25.0. The van der Waals surface area contributed by atoms with Crippen LogP contribution in [0.3, 0.4) is 0 Å². The standard InChI is InChI=1S/C28H21N7O4/c1-19-28(31-32-33(19)23-9-3-2-4-10-23)26(15-12-20-11-13-21-7-5-6-8-22(21)17-20)30-29-25-16-14-24(34(36)37)18-27(25)35(38)39/h2-18,29H,1H3. The van der Waals surface area contributed by atoms with E-state index in [2.05, 4.69) is 20.8 Å². The second kappa shape index (κ2) is 10.7. The molecule has 0 aliphatic heterocycles. The molecule has 11 nitrogen and oxygen atoms in total. The predicted molar refractivity (Wildman–Crippen MR) is 149 cm³/mol.